The van der Waals surface area contributed by atoms with Gasteiger partial charge in [-0.2, -0.15) is 0 Å². The van der Waals surface area contributed by atoms with Crippen LogP contribution in [0.3, 0.4) is 0 Å². The molecule has 0 saturated heterocycles. The zero-order valence-corrected chi connectivity index (χ0v) is 15.0. The van der Waals surface area contributed by atoms with Crippen molar-refractivity contribution in [3.63, 3.8) is 0 Å². The molecular formula is C20H22N4O. The summed E-state index contributed by atoms with van der Waals surface area (Å²) in [5.74, 6) is 0.0599. The fourth-order valence-electron chi connectivity index (χ4n) is 3.20. The Morgan fingerprint density at radius 1 is 1.12 bits per heavy atom. The Labute approximate surface area is 147 Å². The lowest BCUT2D eigenvalue weighted by Gasteiger charge is -2.16. The number of anilines is 1. The van der Waals surface area contributed by atoms with Crippen LogP contribution in [0.15, 0.2) is 36.5 Å². The van der Waals surface area contributed by atoms with Gasteiger partial charge >= 0.3 is 0 Å². The molecule has 1 aliphatic rings. The molecule has 5 nitrogen and oxygen atoms in total. The van der Waals surface area contributed by atoms with Gasteiger partial charge in [0.1, 0.15) is 0 Å². The molecule has 0 aliphatic carbocycles. The first kappa shape index (κ1) is 17.0. The van der Waals surface area contributed by atoms with Crippen molar-refractivity contribution in [3.8, 4) is 0 Å². The SMILES string of the molecule is Cc1ccc(C(=N)CC(=N)c2ccc3c(c2)N(C)C(=O)C3(C)C)cn1. The maximum absolute atomic E-state index is 12.4. The number of rotatable bonds is 4. The Morgan fingerprint density at radius 3 is 2.40 bits per heavy atom. The minimum absolute atomic E-state index is 0.0599. The number of fused-ring (bicyclic) bond motifs is 1. The summed E-state index contributed by atoms with van der Waals surface area (Å²) in [5.41, 5.74) is 4.38. The van der Waals surface area contributed by atoms with Gasteiger partial charge in [-0.15, -0.1) is 0 Å². The summed E-state index contributed by atoms with van der Waals surface area (Å²) in [6.45, 7) is 5.74. The highest BCUT2D eigenvalue weighted by molar-refractivity contribution is 6.16. The van der Waals surface area contributed by atoms with Crippen LogP contribution in [0.2, 0.25) is 0 Å². The van der Waals surface area contributed by atoms with Gasteiger partial charge in [0.2, 0.25) is 5.91 Å². The van der Waals surface area contributed by atoms with E-state index in [4.69, 9.17) is 10.8 Å². The molecule has 1 aromatic carbocycles. The number of hydrogen-bond acceptors (Lipinski definition) is 4. The van der Waals surface area contributed by atoms with Gasteiger partial charge in [-0.1, -0.05) is 12.1 Å². The molecule has 128 valence electrons. The van der Waals surface area contributed by atoms with Gasteiger partial charge in [0.25, 0.3) is 0 Å². The van der Waals surface area contributed by atoms with E-state index in [2.05, 4.69) is 4.98 Å². The molecule has 1 aromatic heterocycles. The lowest BCUT2D eigenvalue weighted by atomic mass is 9.85. The largest absolute Gasteiger partial charge is 0.314 e. The lowest BCUT2D eigenvalue weighted by Crippen LogP contribution is -2.33. The highest BCUT2D eigenvalue weighted by atomic mass is 16.2. The minimum atomic E-state index is -0.537. The van der Waals surface area contributed by atoms with Crippen LogP contribution in [0, 0.1) is 17.7 Å². The molecule has 2 aromatic rings. The number of nitrogens with zero attached hydrogens (tertiary/aromatic N) is 2. The van der Waals surface area contributed by atoms with Crippen molar-refractivity contribution in [1.82, 2.24) is 4.98 Å². The van der Waals surface area contributed by atoms with Crippen molar-refractivity contribution in [2.75, 3.05) is 11.9 Å². The van der Waals surface area contributed by atoms with Crippen LogP contribution in [-0.4, -0.2) is 29.4 Å². The molecule has 0 atom stereocenters. The Kier molecular flexibility index (Phi) is 4.03. The molecule has 0 bridgehead atoms. The monoisotopic (exact) mass is 334 g/mol. The lowest BCUT2D eigenvalue weighted by molar-refractivity contribution is -0.121. The molecule has 0 saturated carbocycles. The fourth-order valence-corrected chi connectivity index (χ4v) is 3.20. The Bertz CT molecular complexity index is 881. The van der Waals surface area contributed by atoms with E-state index in [1.807, 2.05) is 51.1 Å². The van der Waals surface area contributed by atoms with E-state index in [0.29, 0.717) is 11.4 Å². The average molecular weight is 334 g/mol. The van der Waals surface area contributed by atoms with Crippen LogP contribution in [0.25, 0.3) is 0 Å². The highest BCUT2D eigenvalue weighted by Crippen LogP contribution is 2.41. The maximum Gasteiger partial charge on any atom is 0.236 e. The van der Waals surface area contributed by atoms with Crippen LogP contribution >= 0.6 is 0 Å². The summed E-state index contributed by atoms with van der Waals surface area (Å²) in [6.07, 6.45) is 1.90. The number of aryl methyl sites for hydroxylation is 1. The van der Waals surface area contributed by atoms with Crippen LogP contribution < -0.4 is 4.90 Å². The van der Waals surface area contributed by atoms with Crippen molar-refractivity contribution in [1.29, 1.82) is 10.8 Å². The van der Waals surface area contributed by atoms with Crippen LogP contribution in [0.1, 0.15) is 42.7 Å². The molecule has 0 fully saturated rings. The third-order valence-electron chi connectivity index (χ3n) is 4.83. The number of nitrogens with one attached hydrogen (secondary N) is 2. The second kappa shape index (κ2) is 5.92. The molecule has 1 amide bonds. The second-order valence-electron chi connectivity index (χ2n) is 7.04. The predicted molar refractivity (Wildman–Crippen MR) is 100 cm³/mol. The molecule has 5 heteroatoms. The zero-order chi connectivity index (χ0) is 18.4. The van der Waals surface area contributed by atoms with Crippen molar-refractivity contribution in [3.05, 3.63) is 58.9 Å². The van der Waals surface area contributed by atoms with Gasteiger partial charge in [0.05, 0.1) is 5.41 Å². The molecule has 1 aliphatic heterocycles. The Morgan fingerprint density at radius 2 is 1.76 bits per heavy atom. The molecule has 25 heavy (non-hydrogen) atoms. The first-order valence-electron chi connectivity index (χ1n) is 8.22. The molecule has 0 spiro atoms. The summed E-state index contributed by atoms with van der Waals surface area (Å²) in [4.78, 5) is 18.2. The maximum atomic E-state index is 12.4. The van der Waals surface area contributed by atoms with E-state index in [9.17, 15) is 4.79 Å². The zero-order valence-electron chi connectivity index (χ0n) is 15.0. The number of hydrogen-bond donors (Lipinski definition) is 2. The van der Waals surface area contributed by atoms with Crippen LogP contribution in [-0.2, 0) is 10.2 Å². The average Bonchev–Trinajstić information content (AvgIpc) is 2.76. The van der Waals surface area contributed by atoms with Crippen molar-refractivity contribution < 1.29 is 4.79 Å². The summed E-state index contributed by atoms with van der Waals surface area (Å²) < 4.78 is 0. The molecule has 2 heterocycles. The van der Waals surface area contributed by atoms with E-state index in [0.717, 1.165) is 28.1 Å². The number of benzene rings is 1. The smallest absolute Gasteiger partial charge is 0.236 e. The topological polar surface area (TPSA) is 80.9 Å². The molecule has 2 N–H and O–H groups in total. The number of pyridine rings is 1. The number of aromatic nitrogens is 1. The van der Waals surface area contributed by atoms with Gasteiger partial charge in [0.15, 0.2) is 0 Å². The van der Waals surface area contributed by atoms with Gasteiger partial charge in [-0.05, 0) is 50.1 Å². The van der Waals surface area contributed by atoms with E-state index >= 15 is 0 Å². The van der Waals surface area contributed by atoms with Gasteiger partial charge in [0, 0.05) is 48.0 Å². The van der Waals surface area contributed by atoms with E-state index in [-0.39, 0.29) is 12.3 Å². The summed E-state index contributed by atoms with van der Waals surface area (Å²) >= 11 is 0. The van der Waals surface area contributed by atoms with E-state index < -0.39 is 5.41 Å². The van der Waals surface area contributed by atoms with Gasteiger partial charge in [-0.25, -0.2) is 0 Å². The molecule has 0 unspecified atom stereocenters. The van der Waals surface area contributed by atoms with Gasteiger partial charge < -0.3 is 15.7 Å². The number of amides is 1. The van der Waals surface area contributed by atoms with Gasteiger partial charge in [-0.3, -0.25) is 9.78 Å². The first-order chi connectivity index (χ1) is 11.7. The third kappa shape index (κ3) is 2.86. The normalized spacial score (nSPS) is 15.2. The van der Waals surface area contributed by atoms with Crippen LogP contribution in [0.4, 0.5) is 5.69 Å². The Balaban J connectivity index is 1.84. The minimum Gasteiger partial charge on any atom is -0.314 e. The second-order valence-corrected chi connectivity index (χ2v) is 7.04. The quantitative estimate of drug-likeness (QED) is 0.840. The van der Waals surface area contributed by atoms with E-state index in [1.165, 1.54) is 0 Å². The summed E-state index contributed by atoms with van der Waals surface area (Å²) in [7, 11) is 1.77. The number of carbonyl (C=O) groups excluding carboxylic acids is 1. The molecular weight excluding hydrogens is 312 g/mol. The highest BCUT2D eigenvalue weighted by Gasteiger charge is 2.42. The van der Waals surface area contributed by atoms with Crippen molar-refractivity contribution in [2.45, 2.75) is 32.6 Å². The standard InChI is InChI=1S/C20H22N4O/c1-12-5-6-14(11-23-12)17(22)10-16(21)13-7-8-15-18(9-13)24(4)19(25)20(15,2)3/h5-9,11,21-22H,10H2,1-4H3. The number of carbonyl (C=O) groups is 1. The third-order valence-corrected chi connectivity index (χ3v) is 4.83. The fraction of sp³-hybridized carbons (Fsp3) is 0.300. The first-order valence-corrected chi connectivity index (χ1v) is 8.22. The summed E-state index contributed by atoms with van der Waals surface area (Å²) in [5, 5.41) is 16.6. The summed E-state index contributed by atoms with van der Waals surface area (Å²) in [6, 6.07) is 9.40. The number of likely N-dealkylation sites (N-methyl/N-ethyl adjacent to an activating group) is 1. The molecule has 3 rings (SSSR count). The van der Waals surface area contributed by atoms with Crippen molar-refractivity contribution >= 4 is 23.0 Å². The van der Waals surface area contributed by atoms with Crippen LogP contribution in [0.5, 0.6) is 0 Å². The Hall–Kier alpha value is -2.82. The molecule has 0 radical (unpaired) electrons. The van der Waals surface area contributed by atoms with Crippen molar-refractivity contribution in [2.24, 2.45) is 0 Å². The van der Waals surface area contributed by atoms with E-state index in [1.54, 1.807) is 18.1 Å². The predicted octanol–water partition coefficient (Wildman–Crippen LogP) is 3.47.